The van der Waals surface area contributed by atoms with E-state index >= 15 is 0 Å². The SMILES string of the molecule is CC1CC(OCC(=O)N(C)CCCN)CC(C)(C)C1. The van der Waals surface area contributed by atoms with Gasteiger partial charge in [0.2, 0.25) is 5.91 Å². The maximum absolute atomic E-state index is 11.9. The minimum absolute atomic E-state index is 0.0597. The van der Waals surface area contributed by atoms with Crippen molar-refractivity contribution < 1.29 is 9.53 Å². The Hall–Kier alpha value is -0.610. The lowest BCUT2D eigenvalue weighted by molar-refractivity contribution is -0.139. The highest BCUT2D eigenvalue weighted by molar-refractivity contribution is 5.77. The van der Waals surface area contributed by atoms with Crippen LogP contribution < -0.4 is 5.73 Å². The molecule has 0 saturated heterocycles. The summed E-state index contributed by atoms with van der Waals surface area (Å²) < 4.78 is 5.83. The van der Waals surface area contributed by atoms with E-state index in [1.807, 2.05) is 7.05 Å². The van der Waals surface area contributed by atoms with Crippen molar-refractivity contribution in [2.45, 2.75) is 52.6 Å². The van der Waals surface area contributed by atoms with Crippen LogP contribution in [0.25, 0.3) is 0 Å². The zero-order chi connectivity index (χ0) is 14.5. The summed E-state index contributed by atoms with van der Waals surface area (Å²) in [5.41, 5.74) is 5.77. The molecule has 0 bridgehead atoms. The largest absolute Gasteiger partial charge is 0.368 e. The molecule has 0 aromatic heterocycles. The molecule has 1 aliphatic rings. The van der Waals surface area contributed by atoms with E-state index in [4.69, 9.17) is 10.5 Å². The zero-order valence-electron chi connectivity index (χ0n) is 12.9. The van der Waals surface area contributed by atoms with Gasteiger partial charge in [0, 0.05) is 13.6 Å². The average molecular weight is 270 g/mol. The summed E-state index contributed by atoms with van der Waals surface area (Å²) in [4.78, 5) is 13.6. The van der Waals surface area contributed by atoms with Gasteiger partial charge in [0.15, 0.2) is 0 Å². The van der Waals surface area contributed by atoms with Crippen LogP contribution in [0.5, 0.6) is 0 Å². The number of amides is 1. The number of ether oxygens (including phenoxy) is 1. The first-order valence-electron chi connectivity index (χ1n) is 7.39. The molecular formula is C15H30N2O2. The number of carbonyl (C=O) groups is 1. The molecule has 1 rings (SSSR count). The number of rotatable bonds is 6. The zero-order valence-corrected chi connectivity index (χ0v) is 12.9. The fourth-order valence-electron chi connectivity index (χ4n) is 3.14. The summed E-state index contributed by atoms with van der Waals surface area (Å²) in [6.45, 7) is 8.38. The van der Waals surface area contributed by atoms with Crippen molar-refractivity contribution in [3.05, 3.63) is 0 Å². The summed E-state index contributed by atoms with van der Waals surface area (Å²) >= 11 is 0. The predicted molar refractivity (Wildman–Crippen MR) is 77.8 cm³/mol. The smallest absolute Gasteiger partial charge is 0.248 e. The Bertz CT molecular complexity index is 292. The van der Waals surface area contributed by atoms with Crippen LogP contribution in [-0.2, 0) is 9.53 Å². The highest BCUT2D eigenvalue weighted by Gasteiger charge is 2.32. The van der Waals surface area contributed by atoms with Gasteiger partial charge in [0.25, 0.3) is 0 Å². The molecule has 1 fully saturated rings. The average Bonchev–Trinajstić information content (AvgIpc) is 2.30. The monoisotopic (exact) mass is 270 g/mol. The maximum Gasteiger partial charge on any atom is 0.248 e. The molecule has 4 heteroatoms. The van der Waals surface area contributed by atoms with Gasteiger partial charge in [-0.15, -0.1) is 0 Å². The maximum atomic E-state index is 11.9. The molecule has 19 heavy (non-hydrogen) atoms. The summed E-state index contributed by atoms with van der Waals surface area (Å²) in [6, 6.07) is 0. The van der Waals surface area contributed by atoms with Crippen LogP contribution in [0.1, 0.15) is 46.5 Å². The quantitative estimate of drug-likeness (QED) is 0.803. The van der Waals surface area contributed by atoms with Crippen LogP contribution in [0, 0.1) is 11.3 Å². The summed E-state index contributed by atoms with van der Waals surface area (Å²) in [7, 11) is 1.81. The second-order valence-corrected chi connectivity index (χ2v) is 6.80. The summed E-state index contributed by atoms with van der Waals surface area (Å²) in [6.07, 6.45) is 4.44. The van der Waals surface area contributed by atoms with Crippen LogP contribution in [-0.4, -0.2) is 43.7 Å². The lowest BCUT2D eigenvalue weighted by Gasteiger charge is -2.38. The van der Waals surface area contributed by atoms with E-state index in [0.717, 1.165) is 19.3 Å². The minimum atomic E-state index is 0.0597. The van der Waals surface area contributed by atoms with Crippen molar-refractivity contribution in [3.63, 3.8) is 0 Å². The van der Waals surface area contributed by atoms with Crippen molar-refractivity contribution in [2.75, 3.05) is 26.7 Å². The Kier molecular flexibility index (Phi) is 6.27. The number of carbonyl (C=O) groups excluding carboxylic acids is 1. The summed E-state index contributed by atoms with van der Waals surface area (Å²) in [5.74, 6) is 0.739. The van der Waals surface area contributed by atoms with Crippen LogP contribution in [0.4, 0.5) is 0 Å². The van der Waals surface area contributed by atoms with Gasteiger partial charge in [-0.1, -0.05) is 20.8 Å². The van der Waals surface area contributed by atoms with E-state index in [2.05, 4.69) is 20.8 Å². The molecule has 0 spiro atoms. The molecule has 2 unspecified atom stereocenters. The summed E-state index contributed by atoms with van der Waals surface area (Å²) in [5, 5.41) is 0. The Balaban J connectivity index is 2.33. The van der Waals surface area contributed by atoms with Gasteiger partial charge in [-0.2, -0.15) is 0 Å². The normalized spacial score (nSPS) is 26.2. The molecule has 0 aromatic rings. The van der Waals surface area contributed by atoms with Gasteiger partial charge in [-0.05, 0) is 43.6 Å². The number of nitrogens with two attached hydrogens (primary N) is 1. The van der Waals surface area contributed by atoms with Gasteiger partial charge >= 0.3 is 0 Å². The number of nitrogens with zero attached hydrogens (tertiary/aromatic N) is 1. The van der Waals surface area contributed by atoms with Gasteiger partial charge in [-0.25, -0.2) is 0 Å². The third-order valence-corrected chi connectivity index (χ3v) is 3.91. The van der Waals surface area contributed by atoms with Crippen LogP contribution in [0.15, 0.2) is 0 Å². The highest BCUT2D eigenvalue weighted by Crippen LogP contribution is 2.39. The van der Waals surface area contributed by atoms with Crippen molar-refractivity contribution in [2.24, 2.45) is 17.1 Å². The Morgan fingerprint density at radius 3 is 2.68 bits per heavy atom. The van der Waals surface area contributed by atoms with Gasteiger partial charge in [-0.3, -0.25) is 4.79 Å². The first-order valence-corrected chi connectivity index (χ1v) is 7.39. The fourth-order valence-corrected chi connectivity index (χ4v) is 3.14. The fraction of sp³-hybridized carbons (Fsp3) is 0.933. The molecule has 4 nitrogen and oxygen atoms in total. The Morgan fingerprint density at radius 2 is 2.11 bits per heavy atom. The van der Waals surface area contributed by atoms with Gasteiger partial charge < -0.3 is 15.4 Å². The van der Waals surface area contributed by atoms with Crippen LogP contribution in [0.2, 0.25) is 0 Å². The van der Waals surface area contributed by atoms with E-state index in [1.165, 1.54) is 6.42 Å². The lowest BCUT2D eigenvalue weighted by Crippen LogP contribution is -2.37. The van der Waals surface area contributed by atoms with E-state index < -0.39 is 0 Å². The van der Waals surface area contributed by atoms with Crippen molar-refractivity contribution in [3.8, 4) is 0 Å². The van der Waals surface area contributed by atoms with E-state index in [1.54, 1.807) is 4.90 Å². The van der Waals surface area contributed by atoms with Crippen molar-refractivity contribution in [1.29, 1.82) is 0 Å². The van der Waals surface area contributed by atoms with Crippen LogP contribution >= 0.6 is 0 Å². The Labute approximate surface area is 117 Å². The molecule has 0 radical (unpaired) electrons. The predicted octanol–water partition coefficient (Wildman–Crippen LogP) is 2.02. The second kappa shape index (κ2) is 7.25. The molecule has 1 saturated carbocycles. The first kappa shape index (κ1) is 16.4. The first-order chi connectivity index (χ1) is 8.84. The topological polar surface area (TPSA) is 55.6 Å². The molecule has 2 N–H and O–H groups in total. The third kappa shape index (κ3) is 5.91. The second-order valence-electron chi connectivity index (χ2n) is 6.80. The van der Waals surface area contributed by atoms with E-state index in [9.17, 15) is 4.79 Å². The Morgan fingerprint density at radius 1 is 1.42 bits per heavy atom. The van der Waals surface area contributed by atoms with Gasteiger partial charge in [0.05, 0.1) is 6.10 Å². The molecule has 0 aliphatic heterocycles. The standard InChI is InChI=1S/C15H30N2O2/c1-12-8-13(10-15(2,3)9-12)19-11-14(18)17(4)7-5-6-16/h12-13H,5-11,16H2,1-4H3. The van der Waals surface area contributed by atoms with Crippen LogP contribution in [0.3, 0.4) is 0 Å². The van der Waals surface area contributed by atoms with Crippen molar-refractivity contribution >= 4 is 5.91 Å². The number of hydrogen-bond acceptors (Lipinski definition) is 3. The number of likely N-dealkylation sites (N-methyl/N-ethyl adjacent to an activating group) is 1. The molecule has 0 heterocycles. The number of hydrogen-bond donors (Lipinski definition) is 1. The van der Waals surface area contributed by atoms with E-state index in [-0.39, 0.29) is 18.6 Å². The molecular weight excluding hydrogens is 240 g/mol. The molecule has 1 amide bonds. The highest BCUT2D eigenvalue weighted by atomic mass is 16.5. The molecule has 0 aromatic carbocycles. The third-order valence-electron chi connectivity index (χ3n) is 3.91. The minimum Gasteiger partial charge on any atom is -0.368 e. The van der Waals surface area contributed by atoms with Gasteiger partial charge in [0.1, 0.15) is 6.61 Å². The van der Waals surface area contributed by atoms with Crippen molar-refractivity contribution in [1.82, 2.24) is 4.90 Å². The molecule has 112 valence electrons. The molecule has 2 atom stereocenters. The molecule has 1 aliphatic carbocycles. The van der Waals surface area contributed by atoms with E-state index in [0.29, 0.717) is 24.4 Å². The lowest BCUT2D eigenvalue weighted by atomic mass is 9.71.